The summed E-state index contributed by atoms with van der Waals surface area (Å²) in [5.74, 6) is 4.41. The highest BCUT2D eigenvalue weighted by atomic mass is 35.5. The zero-order valence-electron chi connectivity index (χ0n) is 19.3. The third kappa shape index (κ3) is 5.06. The number of piperidine rings is 1. The minimum absolute atomic E-state index is 0.132. The molecule has 2 atom stereocenters. The molecule has 0 saturated carbocycles. The number of alkyl halides is 2. The molecular weight excluding hydrogens is 483 g/mol. The fourth-order valence-electron chi connectivity index (χ4n) is 4.22. The molecule has 3 heterocycles. The summed E-state index contributed by atoms with van der Waals surface area (Å²) < 4.78 is 41.1. The smallest absolute Gasteiger partial charge is 0.266 e. The topological polar surface area (TPSA) is 53.9 Å². The Morgan fingerprint density at radius 1 is 1.18 bits per heavy atom. The summed E-state index contributed by atoms with van der Waals surface area (Å²) in [6.07, 6.45) is -0.828. The Labute approximate surface area is 204 Å². The highest BCUT2D eigenvalue weighted by Crippen LogP contribution is 2.41. The number of aromatic nitrogens is 3. The number of nitrogens with zero attached hydrogens (tertiary/aromatic N) is 4. The third-order valence-corrected chi connectivity index (χ3v) is 8.74. The predicted octanol–water partition coefficient (Wildman–Crippen LogP) is 6.39. The largest absolute Gasteiger partial charge is 0.363 e. The van der Waals surface area contributed by atoms with Crippen molar-refractivity contribution in [3.8, 4) is 0 Å². The first-order valence-electron chi connectivity index (χ1n) is 11.0. The number of hydrogen-bond acceptors (Lipinski definition) is 5. The Hall–Kier alpha value is -2.23. The third-order valence-electron chi connectivity index (χ3n) is 6.18. The van der Waals surface area contributed by atoms with Gasteiger partial charge in [0.2, 0.25) is 0 Å². The molecule has 3 aromatic rings. The molecule has 34 heavy (non-hydrogen) atoms. The van der Waals surface area contributed by atoms with Crippen molar-refractivity contribution in [2.45, 2.75) is 49.3 Å². The molecule has 0 amide bonds. The molecular formula is C24H27ClF3N5S. The van der Waals surface area contributed by atoms with Gasteiger partial charge in [0.15, 0.2) is 5.65 Å². The summed E-state index contributed by atoms with van der Waals surface area (Å²) in [5.41, 5.74) is -0.0736. The van der Waals surface area contributed by atoms with Gasteiger partial charge in [-0.3, -0.25) is 0 Å². The fourth-order valence-corrected chi connectivity index (χ4v) is 6.32. The van der Waals surface area contributed by atoms with Crippen LogP contribution in [0.3, 0.4) is 0 Å². The maximum absolute atomic E-state index is 14.7. The van der Waals surface area contributed by atoms with Crippen molar-refractivity contribution in [1.29, 1.82) is 0 Å². The lowest BCUT2D eigenvalue weighted by atomic mass is 10.0. The van der Waals surface area contributed by atoms with Crippen molar-refractivity contribution in [2.24, 2.45) is 0 Å². The van der Waals surface area contributed by atoms with Gasteiger partial charge in [-0.1, -0.05) is 35.7 Å². The van der Waals surface area contributed by atoms with E-state index in [9.17, 15) is 13.2 Å². The van der Waals surface area contributed by atoms with Crippen LogP contribution in [0.15, 0.2) is 29.2 Å². The highest BCUT2D eigenvalue weighted by molar-refractivity contribution is 8.14. The summed E-state index contributed by atoms with van der Waals surface area (Å²) in [6, 6.07) is 5.30. The predicted molar refractivity (Wildman–Crippen MR) is 134 cm³/mol. The second-order valence-corrected chi connectivity index (χ2v) is 10.9. The second kappa shape index (κ2) is 10.2. The molecule has 1 saturated heterocycles. The van der Waals surface area contributed by atoms with Gasteiger partial charge in [-0.15, -0.1) is 0 Å². The van der Waals surface area contributed by atoms with Gasteiger partial charge in [0.25, 0.3) is 6.43 Å². The molecule has 1 aromatic carbocycles. The highest BCUT2D eigenvalue weighted by Gasteiger charge is 2.24. The quantitative estimate of drug-likeness (QED) is 0.308. The number of nitrogens with one attached hydrogen (secondary N) is 1. The summed E-state index contributed by atoms with van der Waals surface area (Å²) in [4.78, 5) is 16.6. The van der Waals surface area contributed by atoms with E-state index in [0.717, 1.165) is 36.9 Å². The standard InChI is InChI=1S/C24H27ClF3N5S/c1-13(16-6-5-7-17(20(16)26)22(27)28)29-23-18-12-19(21(25)32-24(18)31-14(2)30-23)34(4)15-8-10-33(3)11-9-15/h5-7,12-13,15,22H,4,8-11H2,1-3H3,(H,29,30,31,32)/t13-,34?/m1/s1. The summed E-state index contributed by atoms with van der Waals surface area (Å²) in [7, 11) is 1.74. The lowest BCUT2D eigenvalue weighted by Gasteiger charge is -2.31. The Kier molecular flexibility index (Phi) is 7.45. The molecule has 0 aliphatic carbocycles. The van der Waals surface area contributed by atoms with E-state index in [4.69, 9.17) is 11.6 Å². The minimum Gasteiger partial charge on any atom is -0.363 e. The van der Waals surface area contributed by atoms with E-state index in [-0.39, 0.29) is 16.0 Å². The summed E-state index contributed by atoms with van der Waals surface area (Å²) in [6.45, 7) is 5.45. The van der Waals surface area contributed by atoms with Gasteiger partial charge in [-0.2, -0.15) is 10.5 Å². The lowest BCUT2D eigenvalue weighted by Crippen LogP contribution is -2.32. The number of benzene rings is 1. The van der Waals surface area contributed by atoms with Gasteiger partial charge in [-0.25, -0.2) is 28.1 Å². The number of halogens is 4. The van der Waals surface area contributed by atoms with E-state index in [1.165, 1.54) is 12.1 Å². The number of fused-ring (bicyclic) bond motifs is 1. The SMILES string of the molecule is C=S(c1cc2c(N[C@H](C)c3cccc(C(F)F)c3F)nc(C)nc2nc1Cl)C1CCN(C)CC1. The first kappa shape index (κ1) is 24.9. The van der Waals surface area contributed by atoms with Crippen LogP contribution in [0.4, 0.5) is 19.0 Å². The monoisotopic (exact) mass is 509 g/mol. The van der Waals surface area contributed by atoms with E-state index >= 15 is 0 Å². The zero-order valence-corrected chi connectivity index (χ0v) is 20.9. The lowest BCUT2D eigenvalue weighted by molar-refractivity contribution is 0.146. The van der Waals surface area contributed by atoms with Crippen molar-refractivity contribution < 1.29 is 13.2 Å². The first-order chi connectivity index (χ1) is 16.2. The molecule has 182 valence electrons. The van der Waals surface area contributed by atoms with Crippen LogP contribution in [0.25, 0.3) is 11.0 Å². The van der Waals surface area contributed by atoms with Crippen molar-refractivity contribution in [2.75, 3.05) is 25.5 Å². The van der Waals surface area contributed by atoms with Crippen LogP contribution in [0.5, 0.6) is 0 Å². The molecule has 1 unspecified atom stereocenters. The van der Waals surface area contributed by atoms with Crippen LogP contribution in [-0.2, 0) is 0 Å². The normalized spacial score (nSPS) is 17.3. The Balaban J connectivity index is 1.71. The second-order valence-electron chi connectivity index (χ2n) is 8.62. The molecule has 4 rings (SSSR count). The van der Waals surface area contributed by atoms with Gasteiger partial charge < -0.3 is 10.2 Å². The van der Waals surface area contributed by atoms with E-state index in [2.05, 4.69) is 38.1 Å². The molecule has 1 N–H and O–H groups in total. The van der Waals surface area contributed by atoms with Crippen LogP contribution in [-0.4, -0.2) is 51.1 Å². The van der Waals surface area contributed by atoms with Crippen molar-refractivity contribution >= 4 is 44.8 Å². The molecule has 0 radical (unpaired) electrons. The van der Waals surface area contributed by atoms with E-state index in [1.54, 1.807) is 13.8 Å². The Morgan fingerprint density at radius 3 is 2.53 bits per heavy atom. The maximum Gasteiger partial charge on any atom is 0.266 e. The van der Waals surface area contributed by atoms with Gasteiger partial charge in [0, 0.05) is 15.7 Å². The van der Waals surface area contributed by atoms with Crippen molar-refractivity contribution in [1.82, 2.24) is 19.9 Å². The molecule has 2 aromatic heterocycles. The number of aryl methyl sites for hydroxylation is 1. The number of likely N-dealkylation sites (tertiary alicyclic amines) is 1. The van der Waals surface area contributed by atoms with Crippen molar-refractivity contribution in [3.05, 3.63) is 52.2 Å². The number of rotatable bonds is 6. The first-order valence-corrected chi connectivity index (χ1v) is 12.9. The Morgan fingerprint density at radius 2 is 1.85 bits per heavy atom. The Bertz CT molecular complexity index is 1230. The molecule has 10 heteroatoms. The molecule has 5 nitrogen and oxygen atoms in total. The molecule has 1 aliphatic heterocycles. The van der Waals surface area contributed by atoms with Crippen LogP contribution in [0.2, 0.25) is 5.15 Å². The molecule has 0 bridgehead atoms. The van der Waals surface area contributed by atoms with E-state index < -0.39 is 23.8 Å². The van der Waals surface area contributed by atoms with Crippen LogP contribution < -0.4 is 5.32 Å². The van der Waals surface area contributed by atoms with E-state index in [0.29, 0.717) is 33.1 Å². The van der Waals surface area contributed by atoms with Crippen LogP contribution in [0, 0.1) is 12.7 Å². The van der Waals surface area contributed by atoms with Gasteiger partial charge >= 0.3 is 0 Å². The molecule has 0 spiro atoms. The number of hydrogen-bond donors (Lipinski definition) is 1. The van der Waals surface area contributed by atoms with E-state index in [1.807, 2.05) is 6.07 Å². The maximum atomic E-state index is 14.7. The molecule has 1 fully saturated rings. The average molecular weight is 510 g/mol. The summed E-state index contributed by atoms with van der Waals surface area (Å²) in [5, 5.41) is 4.59. The van der Waals surface area contributed by atoms with Crippen molar-refractivity contribution in [3.63, 3.8) is 0 Å². The van der Waals surface area contributed by atoms with Gasteiger partial charge in [0.1, 0.15) is 22.6 Å². The minimum atomic E-state index is -2.89. The summed E-state index contributed by atoms with van der Waals surface area (Å²) >= 11 is 6.56. The van der Waals surface area contributed by atoms with Crippen LogP contribution >= 0.6 is 22.1 Å². The number of pyridine rings is 1. The number of anilines is 1. The molecule has 1 aliphatic rings. The average Bonchev–Trinajstić information content (AvgIpc) is 2.78. The van der Waals surface area contributed by atoms with Crippen LogP contribution in [0.1, 0.15) is 49.2 Å². The zero-order chi connectivity index (χ0) is 24.6. The van der Waals surface area contributed by atoms with Gasteiger partial charge in [-0.05, 0) is 52.9 Å². The van der Waals surface area contributed by atoms with Gasteiger partial charge in [0.05, 0.1) is 17.0 Å². The fraction of sp³-hybridized carbons (Fsp3) is 0.417.